The zero-order valence-electron chi connectivity index (χ0n) is 9.87. The summed E-state index contributed by atoms with van der Waals surface area (Å²) in [5.41, 5.74) is 8.78. The Labute approximate surface area is 101 Å². The average molecular weight is 228 g/mol. The van der Waals surface area contributed by atoms with Gasteiger partial charge >= 0.3 is 0 Å². The molecule has 2 heterocycles. The van der Waals surface area contributed by atoms with Crippen LogP contribution in [0.5, 0.6) is 0 Å². The van der Waals surface area contributed by atoms with Crippen LogP contribution < -0.4 is 10.6 Å². The Morgan fingerprint density at radius 3 is 2.88 bits per heavy atom. The summed E-state index contributed by atoms with van der Waals surface area (Å²) in [6.07, 6.45) is 5.45. The van der Waals surface area contributed by atoms with Crippen LogP contribution in [0.4, 0.5) is 5.69 Å². The molecule has 0 saturated heterocycles. The smallest absolute Gasteiger partial charge is 0.0560 e. The summed E-state index contributed by atoms with van der Waals surface area (Å²) >= 11 is 0. The van der Waals surface area contributed by atoms with Crippen LogP contribution in [0.2, 0.25) is 0 Å². The summed E-state index contributed by atoms with van der Waals surface area (Å²) in [6.45, 7) is 1.29. The van der Waals surface area contributed by atoms with Crippen molar-refractivity contribution in [3.05, 3.63) is 54.1 Å². The normalized spacial score (nSPS) is 10.2. The fourth-order valence-corrected chi connectivity index (χ4v) is 1.67. The van der Waals surface area contributed by atoms with E-state index in [1.165, 1.54) is 5.56 Å². The standard InChI is InChI=1S/C13H16N4/c1-17(10-11-3-2-5-15-9-11)13-4-6-16-12(7-13)8-14/h2-7,9H,8,10,14H2,1H3. The lowest BCUT2D eigenvalue weighted by Gasteiger charge is -2.19. The molecule has 0 saturated carbocycles. The summed E-state index contributed by atoms with van der Waals surface area (Å²) in [5.74, 6) is 0. The minimum atomic E-state index is 0.467. The van der Waals surface area contributed by atoms with Gasteiger partial charge in [0.2, 0.25) is 0 Å². The van der Waals surface area contributed by atoms with E-state index >= 15 is 0 Å². The molecule has 0 fully saturated rings. The predicted octanol–water partition coefficient (Wildman–Crippen LogP) is 1.57. The lowest BCUT2D eigenvalue weighted by atomic mass is 10.2. The van der Waals surface area contributed by atoms with Crippen molar-refractivity contribution < 1.29 is 0 Å². The molecule has 2 rings (SSSR count). The third-order valence-electron chi connectivity index (χ3n) is 2.59. The SMILES string of the molecule is CN(Cc1cccnc1)c1ccnc(CN)c1. The second-order valence-electron chi connectivity index (χ2n) is 3.93. The van der Waals surface area contributed by atoms with Crippen LogP contribution in [0.25, 0.3) is 0 Å². The molecule has 4 heteroatoms. The van der Waals surface area contributed by atoms with E-state index in [1.54, 1.807) is 12.4 Å². The maximum absolute atomic E-state index is 5.58. The molecule has 2 N–H and O–H groups in total. The van der Waals surface area contributed by atoms with Crippen LogP contribution in [0.1, 0.15) is 11.3 Å². The molecule has 0 atom stereocenters. The van der Waals surface area contributed by atoms with Gasteiger partial charge in [0, 0.05) is 44.4 Å². The Balaban J connectivity index is 2.11. The first-order valence-electron chi connectivity index (χ1n) is 5.54. The van der Waals surface area contributed by atoms with Crippen LogP contribution in [0, 0.1) is 0 Å². The number of rotatable bonds is 4. The summed E-state index contributed by atoms with van der Waals surface area (Å²) in [4.78, 5) is 10.4. The molecular formula is C13H16N4. The van der Waals surface area contributed by atoms with E-state index in [-0.39, 0.29) is 0 Å². The quantitative estimate of drug-likeness (QED) is 0.863. The second-order valence-corrected chi connectivity index (χ2v) is 3.93. The summed E-state index contributed by atoms with van der Waals surface area (Å²) in [7, 11) is 2.04. The first-order chi connectivity index (χ1) is 8.29. The second kappa shape index (κ2) is 5.41. The molecule has 17 heavy (non-hydrogen) atoms. The molecule has 2 aromatic heterocycles. The lowest BCUT2D eigenvalue weighted by Crippen LogP contribution is -2.17. The van der Waals surface area contributed by atoms with Crippen LogP contribution >= 0.6 is 0 Å². The van der Waals surface area contributed by atoms with Gasteiger partial charge < -0.3 is 10.6 Å². The third-order valence-corrected chi connectivity index (χ3v) is 2.59. The molecule has 0 spiro atoms. The summed E-state index contributed by atoms with van der Waals surface area (Å²) in [6, 6.07) is 8.00. The highest BCUT2D eigenvalue weighted by molar-refractivity contribution is 5.46. The van der Waals surface area contributed by atoms with Gasteiger partial charge in [-0.2, -0.15) is 0 Å². The molecule has 0 aliphatic rings. The number of pyridine rings is 2. The monoisotopic (exact) mass is 228 g/mol. The molecule has 4 nitrogen and oxygen atoms in total. The maximum atomic E-state index is 5.58. The van der Waals surface area contributed by atoms with Crippen molar-refractivity contribution in [2.45, 2.75) is 13.1 Å². The number of nitrogens with two attached hydrogens (primary N) is 1. The van der Waals surface area contributed by atoms with E-state index in [1.807, 2.05) is 31.4 Å². The van der Waals surface area contributed by atoms with Crippen molar-refractivity contribution in [1.82, 2.24) is 9.97 Å². The minimum absolute atomic E-state index is 0.467. The molecule has 0 amide bonds. The molecule has 0 aromatic carbocycles. The van der Waals surface area contributed by atoms with E-state index in [0.29, 0.717) is 6.54 Å². The van der Waals surface area contributed by atoms with Crippen LogP contribution in [-0.4, -0.2) is 17.0 Å². The fourth-order valence-electron chi connectivity index (χ4n) is 1.67. The number of hydrogen-bond donors (Lipinski definition) is 1. The van der Waals surface area contributed by atoms with Gasteiger partial charge in [0.25, 0.3) is 0 Å². The molecule has 0 unspecified atom stereocenters. The average Bonchev–Trinajstić information content (AvgIpc) is 2.40. The minimum Gasteiger partial charge on any atom is -0.370 e. The van der Waals surface area contributed by atoms with Gasteiger partial charge in [-0.05, 0) is 23.8 Å². The number of hydrogen-bond acceptors (Lipinski definition) is 4. The van der Waals surface area contributed by atoms with Crippen LogP contribution in [0.15, 0.2) is 42.9 Å². The molecule has 0 aliphatic heterocycles. The van der Waals surface area contributed by atoms with E-state index < -0.39 is 0 Å². The lowest BCUT2D eigenvalue weighted by molar-refractivity contribution is 0.903. The Kier molecular flexibility index (Phi) is 3.67. The molecule has 2 aromatic rings. The molecule has 0 aliphatic carbocycles. The van der Waals surface area contributed by atoms with E-state index in [4.69, 9.17) is 5.73 Å². The fraction of sp³-hybridized carbons (Fsp3) is 0.231. The molecular weight excluding hydrogens is 212 g/mol. The third kappa shape index (κ3) is 3.01. The predicted molar refractivity (Wildman–Crippen MR) is 68.5 cm³/mol. The van der Waals surface area contributed by atoms with Gasteiger partial charge in [0.05, 0.1) is 5.69 Å². The van der Waals surface area contributed by atoms with Gasteiger partial charge in [0.15, 0.2) is 0 Å². The number of anilines is 1. The molecule has 88 valence electrons. The zero-order valence-corrected chi connectivity index (χ0v) is 9.87. The maximum Gasteiger partial charge on any atom is 0.0560 e. The largest absolute Gasteiger partial charge is 0.370 e. The van der Waals surface area contributed by atoms with Gasteiger partial charge in [0.1, 0.15) is 0 Å². The summed E-state index contributed by atoms with van der Waals surface area (Å²) in [5, 5.41) is 0. The van der Waals surface area contributed by atoms with Crippen molar-refractivity contribution in [3.8, 4) is 0 Å². The van der Waals surface area contributed by atoms with Crippen molar-refractivity contribution in [2.75, 3.05) is 11.9 Å². The van der Waals surface area contributed by atoms with Crippen LogP contribution in [-0.2, 0) is 13.1 Å². The van der Waals surface area contributed by atoms with Crippen LogP contribution in [0.3, 0.4) is 0 Å². The van der Waals surface area contributed by atoms with E-state index in [0.717, 1.165) is 17.9 Å². The topological polar surface area (TPSA) is 55.0 Å². The Morgan fingerprint density at radius 1 is 1.29 bits per heavy atom. The van der Waals surface area contributed by atoms with E-state index in [2.05, 4.69) is 20.9 Å². The zero-order chi connectivity index (χ0) is 12.1. The highest BCUT2D eigenvalue weighted by Crippen LogP contribution is 2.15. The number of aromatic nitrogens is 2. The van der Waals surface area contributed by atoms with Crippen molar-refractivity contribution >= 4 is 5.69 Å². The molecule has 0 radical (unpaired) electrons. The van der Waals surface area contributed by atoms with Gasteiger partial charge in [-0.1, -0.05) is 6.07 Å². The van der Waals surface area contributed by atoms with Gasteiger partial charge in [-0.25, -0.2) is 0 Å². The van der Waals surface area contributed by atoms with Crippen molar-refractivity contribution in [2.24, 2.45) is 5.73 Å². The van der Waals surface area contributed by atoms with E-state index in [9.17, 15) is 0 Å². The Hall–Kier alpha value is -1.94. The highest BCUT2D eigenvalue weighted by atomic mass is 15.1. The Morgan fingerprint density at radius 2 is 2.18 bits per heavy atom. The van der Waals surface area contributed by atoms with Gasteiger partial charge in [-0.15, -0.1) is 0 Å². The van der Waals surface area contributed by atoms with Crippen molar-refractivity contribution in [1.29, 1.82) is 0 Å². The van der Waals surface area contributed by atoms with Gasteiger partial charge in [-0.3, -0.25) is 9.97 Å². The summed E-state index contributed by atoms with van der Waals surface area (Å²) < 4.78 is 0. The first kappa shape index (κ1) is 11.5. The van der Waals surface area contributed by atoms with Crippen molar-refractivity contribution in [3.63, 3.8) is 0 Å². The first-order valence-corrected chi connectivity index (χ1v) is 5.54. The Bertz CT molecular complexity index is 470. The molecule has 0 bridgehead atoms. The highest BCUT2D eigenvalue weighted by Gasteiger charge is 2.03. The number of nitrogens with zero attached hydrogens (tertiary/aromatic N) is 3.